The van der Waals surface area contributed by atoms with Gasteiger partial charge in [0.05, 0.1) is 11.0 Å². The molecular weight excluding hydrogens is 247 g/mol. The molecule has 1 aromatic rings. The average Bonchev–Trinajstić information content (AvgIpc) is 2.70. The Kier molecular flexibility index (Phi) is 3.52. The van der Waals surface area contributed by atoms with Gasteiger partial charge >= 0.3 is 5.97 Å². The van der Waals surface area contributed by atoms with E-state index in [2.05, 4.69) is 0 Å². The first kappa shape index (κ1) is 11.5. The maximum Gasteiger partial charge on any atom is 0.335 e. The molecule has 0 amide bonds. The summed E-state index contributed by atoms with van der Waals surface area (Å²) in [6, 6.07) is 9.58. The van der Waals surface area contributed by atoms with Gasteiger partial charge in [0.1, 0.15) is 6.61 Å². The van der Waals surface area contributed by atoms with Crippen LogP contribution in [0.4, 0.5) is 0 Å². The second-order valence-electron chi connectivity index (χ2n) is 3.58. The fourth-order valence-corrected chi connectivity index (χ4v) is 2.33. The molecule has 0 saturated carbocycles. The van der Waals surface area contributed by atoms with Crippen molar-refractivity contribution in [2.45, 2.75) is 5.38 Å². The summed E-state index contributed by atoms with van der Waals surface area (Å²) < 4.78 is 4.94. The first-order chi connectivity index (χ1) is 7.74. The Morgan fingerprint density at radius 3 is 2.69 bits per heavy atom. The fourth-order valence-electron chi connectivity index (χ4n) is 1.73. The lowest BCUT2D eigenvalue weighted by atomic mass is 9.95. The highest BCUT2D eigenvalue weighted by molar-refractivity contribution is 6.28. The highest BCUT2D eigenvalue weighted by Crippen LogP contribution is 2.38. The molecule has 0 radical (unpaired) electrons. The number of carbonyl (C=O) groups excluding carboxylic acids is 1. The Morgan fingerprint density at radius 1 is 1.38 bits per heavy atom. The molecule has 84 valence electrons. The molecule has 4 heteroatoms. The minimum Gasteiger partial charge on any atom is -0.462 e. The van der Waals surface area contributed by atoms with Gasteiger partial charge in [-0.05, 0) is 5.56 Å². The Hall–Kier alpha value is -0.990. The van der Waals surface area contributed by atoms with Gasteiger partial charge in [-0.15, -0.1) is 11.6 Å². The molecule has 2 atom stereocenters. The smallest absolute Gasteiger partial charge is 0.335 e. The standard InChI is InChI=1S/C12H10Cl2O2/c13-6-9-10(7-16-12(9)15)11(14)8-4-2-1-3-5-8/h1-6,10-11H,7H2/b9-6-. The Morgan fingerprint density at radius 2 is 2.06 bits per heavy atom. The first-order valence-electron chi connectivity index (χ1n) is 4.90. The summed E-state index contributed by atoms with van der Waals surface area (Å²) in [7, 11) is 0. The molecule has 2 unspecified atom stereocenters. The van der Waals surface area contributed by atoms with Crippen molar-refractivity contribution in [1.82, 2.24) is 0 Å². The molecule has 0 spiro atoms. The van der Waals surface area contributed by atoms with Gasteiger partial charge in [-0.1, -0.05) is 41.9 Å². The molecule has 0 aliphatic carbocycles. The van der Waals surface area contributed by atoms with Crippen LogP contribution in [0, 0.1) is 5.92 Å². The summed E-state index contributed by atoms with van der Waals surface area (Å²) in [4.78, 5) is 11.3. The summed E-state index contributed by atoms with van der Waals surface area (Å²) in [5.74, 6) is -0.546. The van der Waals surface area contributed by atoms with E-state index in [1.54, 1.807) is 0 Å². The Balaban J connectivity index is 2.23. The monoisotopic (exact) mass is 256 g/mol. The first-order valence-corrected chi connectivity index (χ1v) is 5.77. The molecule has 1 fully saturated rings. The normalized spacial score (nSPS) is 24.5. The predicted molar refractivity (Wildman–Crippen MR) is 63.4 cm³/mol. The molecule has 1 aliphatic heterocycles. The van der Waals surface area contributed by atoms with Crippen molar-refractivity contribution in [2.24, 2.45) is 5.92 Å². The Bertz CT molecular complexity index is 414. The van der Waals surface area contributed by atoms with Crippen LogP contribution in [0.1, 0.15) is 10.9 Å². The lowest BCUT2D eigenvalue weighted by Crippen LogP contribution is -2.10. The summed E-state index contributed by atoms with van der Waals surface area (Å²) in [6.45, 7) is 0.292. The van der Waals surface area contributed by atoms with E-state index < -0.39 is 0 Å². The Labute approximate surface area is 104 Å². The molecule has 1 saturated heterocycles. The van der Waals surface area contributed by atoms with Gasteiger partial charge in [0.15, 0.2) is 0 Å². The zero-order valence-corrected chi connectivity index (χ0v) is 9.91. The molecule has 0 bridgehead atoms. The van der Waals surface area contributed by atoms with Crippen molar-refractivity contribution in [3.63, 3.8) is 0 Å². The van der Waals surface area contributed by atoms with Crippen molar-refractivity contribution >= 4 is 29.2 Å². The van der Waals surface area contributed by atoms with E-state index in [0.717, 1.165) is 5.56 Å². The molecule has 1 aromatic carbocycles. The predicted octanol–water partition coefficient (Wildman–Crippen LogP) is 3.26. The number of hydrogen-bond acceptors (Lipinski definition) is 2. The van der Waals surface area contributed by atoms with E-state index in [1.807, 2.05) is 30.3 Å². The van der Waals surface area contributed by atoms with Crippen molar-refractivity contribution < 1.29 is 9.53 Å². The third-order valence-corrected chi connectivity index (χ3v) is 3.41. The fraction of sp³-hybridized carbons (Fsp3) is 0.250. The average molecular weight is 257 g/mol. The van der Waals surface area contributed by atoms with Crippen LogP contribution in [-0.2, 0) is 9.53 Å². The van der Waals surface area contributed by atoms with Crippen LogP contribution in [0.15, 0.2) is 41.4 Å². The number of benzene rings is 1. The van der Waals surface area contributed by atoms with Gasteiger partial charge in [0.25, 0.3) is 0 Å². The second-order valence-corrected chi connectivity index (χ2v) is 4.27. The molecule has 0 N–H and O–H groups in total. The van der Waals surface area contributed by atoms with Gasteiger partial charge in [0, 0.05) is 11.5 Å². The van der Waals surface area contributed by atoms with Crippen LogP contribution < -0.4 is 0 Å². The van der Waals surface area contributed by atoms with Crippen molar-refractivity contribution in [1.29, 1.82) is 0 Å². The largest absolute Gasteiger partial charge is 0.462 e. The van der Waals surface area contributed by atoms with Gasteiger partial charge in [-0.25, -0.2) is 4.79 Å². The molecular formula is C12H10Cl2O2. The molecule has 16 heavy (non-hydrogen) atoms. The molecule has 1 aliphatic rings. The van der Waals surface area contributed by atoms with Gasteiger partial charge < -0.3 is 4.74 Å². The topological polar surface area (TPSA) is 26.3 Å². The number of esters is 1. The van der Waals surface area contributed by atoms with Crippen LogP contribution in [0.3, 0.4) is 0 Å². The number of rotatable bonds is 2. The van der Waals surface area contributed by atoms with Crippen LogP contribution in [-0.4, -0.2) is 12.6 Å². The van der Waals surface area contributed by atoms with Crippen LogP contribution in [0.25, 0.3) is 0 Å². The minimum atomic E-state index is -0.374. The van der Waals surface area contributed by atoms with Gasteiger partial charge in [-0.3, -0.25) is 0 Å². The van der Waals surface area contributed by atoms with E-state index in [-0.39, 0.29) is 17.3 Å². The highest BCUT2D eigenvalue weighted by atomic mass is 35.5. The number of cyclic esters (lactones) is 1. The van der Waals surface area contributed by atoms with Crippen LogP contribution in [0.2, 0.25) is 0 Å². The van der Waals surface area contributed by atoms with E-state index in [1.165, 1.54) is 5.54 Å². The molecule has 0 aromatic heterocycles. The zero-order chi connectivity index (χ0) is 11.5. The number of hydrogen-bond donors (Lipinski definition) is 0. The zero-order valence-electron chi connectivity index (χ0n) is 8.40. The number of alkyl halides is 1. The summed E-state index contributed by atoms with van der Waals surface area (Å²) in [6.07, 6.45) is 0. The minimum absolute atomic E-state index is 0.172. The molecule has 2 rings (SSSR count). The number of ether oxygens (including phenoxy) is 1. The van der Waals surface area contributed by atoms with Crippen LogP contribution >= 0.6 is 23.2 Å². The summed E-state index contributed by atoms with van der Waals surface area (Å²) >= 11 is 11.9. The number of halogens is 2. The summed E-state index contributed by atoms with van der Waals surface area (Å²) in [5.41, 5.74) is 2.67. The SMILES string of the molecule is O=C1OCC(C(Cl)c2ccccc2)/C1=C/Cl. The second kappa shape index (κ2) is 4.89. The maximum atomic E-state index is 11.3. The van der Waals surface area contributed by atoms with Crippen molar-refractivity contribution in [2.75, 3.05) is 6.61 Å². The lowest BCUT2D eigenvalue weighted by Gasteiger charge is -2.15. The lowest BCUT2D eigenvalue weighted by molar-refractivity contribution is -0.135. The third kappa shape index (κ3) is 2.08. The van der Waals surface area contributed by atoms with Crippen molar-refractivity contribution in [3.8, 4) is 0 Å². The molecule has 2 nitrogen and oxygen atoms in total. The van der Waals surface area contributed by atoms with E-state index in [9.17, 15) is 4.79 Å². The van der Waals surface area contributed by atoms with Gasteiger partial charge in [0.2, 0.25) is 0 Å². The third-order valence-electron chi connectivity index (χ3n) is 2.62. The van der Waals surface area contributed by atoms with Crippen LogP contribution in [0.5, 0.6) is 0 Å². The van der Waals surface area contributed by atoms with Gasteiger partial charge in [-0.2, -0.15) is 0 Å². The van der Waals surface area contributed by atoms with E-state index >= 15 is 0 Å². The van der Waals surface area contributed by atoms with E-state index in [0.29, 0.717) is 12.2 Å². The summed E-state index contributed by atoms with van der Waals surface area (Å²) in [5, 5.41) is -0.294. The van der Waals surface area contributed by atoms with Crippen molar-refractivity contribution in [3.05, 3.63) is 47.0 Å². The van der Waals surface area contributed by atoms with E-state index in [4.69, 9.17) is 27.9 Å². The quantitative estimate of drug-likeness (QED) is 0.461. The maximum absolute atomic E-state index is 11.3. The molecule has 1 heterocycles. The number of carbonyl (C=O) groups is 1. The highest BCUT2D eigenvalue weighted by Gasteiger charge is 2.36.